The van der Waals surface area contributed by atoms with E-state index in [-0.39, 0.29) is 5.54 Å². The van der Waals surface area contributed by atoms with Crippen molar-refractivity contribution in [3.05, 3.63) is 23.3 Å². The van der Waals surface area contributed by atoms with Crippen LogP contribution in [0.4, 0.5) is 0 Å². The van der Waals surface area contributed by atoms with Crippen molar-refractivity contribution in [1.82, 2.24) is 9.80 Å². The van der Waals surface area contributed by atoms with Crippen LogP contribution in [-0.4, -0.2) is 147 Å². The van der Waals surface area contributed by atoms with Gasteiger partial charge in [-0.3, -0.25) is 9.80 Å². The number of benzene rings is 1. The van der Waals surface area contributed by atoms with Gasteiger partial charge in [-0.05, 0) is 69.7 Å². The summed E-state index contributed by atoms with van der Waals surface area (Å²) in [6.45, 7) is 14.0. The summed E-state index contributed by atoms with van der Waals surface area (Å²) in [5.74, 6) is 0.356. The highest BCUT2D eigenvalue weighted by molar-refractivity contribution is 6.82. The molecule has 258 valence electrons. The van der Waals surface area contributed by atoms with Gasteiger partial charge in [0.15, 0.2) is 0 Å². The lowest BCUT2D eigenvalue weighted by molar-refractivity contribution is 0.114. The lowest BCUT2D eigenvalue weighted by atomic mass is 10.0. The number of hydrogen-bond acceptors (Lipinski definition) is 9. The average Bonchev–Trinajstić information content (AvgIpc) is 3.03. The predicted octanol–water partition coefficient (Wildman–Crippen LogP) is 3.28. The summed E-state index contributed by atoms with van der Waals surface area (Å²) < 4.78 is 40.2. The molecule has 0 aliphatic carbocycles. The van der Waals surface area contributed by atoms with Gasteiger partial charge in [-0.1, -0.05) is 61.7 Å². The van der Waals surface area contributed by atoms with Crippen molar-refractivity contribution >= 4 is 64.9 Å². The molecule has 1 atom stereocenters. The highest BCUT2D eigenvalue weighted by atomic mass is 28.4. The second kappa shape index (κ2) is 22.7. The molecule has 0 aliphatic rings. The third kappa shape index (κ3) is 12.8. The SMILES string of the molecule is CO[Si](CCCN(C)C([Si]CCc1c(C(C)[Si](OC)(OC)OC)ccc([Si](C)C)c1[Si](C)C)N(C)CCC[Si](OC)OC)OC. The molecule has 1 aromatic rings. The Morgan fingerprint density at radius 3 is 1.58 bits per heavy atom. The van der Waals surface area contributed by atoms with Crippen LogP contribution in [0.2, 0.25) is 44.3 Å². The van der Waals surface area contributed by atoms with Crippen molar-refractivity contribution in [2.75, 3.05) is 77.0 Å². The molecule has 0 saturated heterocycles. The Bertz CT molecular complexity index is 908. The third-order valence-corrected chi connectivity index (χ3v) is 20.0. The average molecular weight is 731 g/mol. The second-order valence-corrected chi connectivity index (χ2v) is 25.7. The van der Waals surface area contributed by atoms with E-state index in [4.69, 9.17) is 31.0 Å². The van der Waals surface area contributed by atoms with Gasteiger partial charge in [0.2, 0.25) is 0 Å². The van der Waals surface area contributed by atoms with Gasteiger partial charge < -0.3 is 31.0 Å². The zero-order chi connectivity index (χ0) is 34.2. The van der Waals surface area contributed by atoms with E-state index in [0.29, 0.717) is 5.79 Å². The van der Waals surface area contributed by atoms with Crippen LogP contribution in [0.1, 0.15) is 36.4 Å². The molecule has 0 amide bonds. The van der Waals surface area contributed by atoms with E-state index in [9.17, 15) is 0 Å². The first-order chi connectivity index (χ1) is 21.4. The second-order valence-electron chi connectivity index (χ2n) is 11.8. The molecule has 1 unspecified atom stereocenters. The van der Waals surface area contributed by atoms with Gasteiger partial charge in [0, 0.05) is 55.6 Å². The van der Waals surface area contributed by atoms with Gasteiger partial charge in [-0.15, -0.1) is 0 Å². The molecule has 0 fully saturated rings. The first-order valence-corrected chi connectivity index (χ1v) is 27.0. The Morgan fingerprint density at radius 2 is 1.20 bits per heavy atom. The quantitative estimate of drug-likeness (QED) is 0.111. The number of nitrogens with zero attached hydrogens (tertiary/aromatic N) is 2. The lowest BCUT2D eigenvalue weighted by Crippen LogP contribution is -2.51. The van der Waals surface area contributed by atoms with Crippen LogP contribution in [0, 0.1) is 0 Å². The van der Waals surface area contributed by atoms with Crippen LogP contribution in [0.5, 0.6) is 0 Å². The Labute approximate surface area is 286 Å². The maximum atomic E-state index is 6.00. The molecule has 0 bridgehead atoms. The Kier molecular flexibility index (Phi) is 21.8. The summed E-state index contributed by atoms with van der Waals surface area (Å²) in [5, 5.41) is 3.21. The fourth-order valence-electron chi connectivity index (χ4n) is 6.04. The van der Waals surface area contributed by atoms with Crippen molar-refractivity contribution < 1.29 is 31.0 Å². The normalized spacial score (nSPS) is 13.6. The summed E-state index contributed by atoms with van der Waals surface area (Å²) >= 11 is 0. The lowest BCUT2D eigenvalue weighted by Gasteiger charge is -2.36. The van der Waals surface area contributed by atoms with Gasteiger partial charge >= 0.3 is 27.4 Å². The fraction of sp³-hybridized carbons (Fsp3) is 0.800. The van der Waals surface area contributed by atoms with Crippen LogP contribution >= 0.6 is 0 Å². The largest absolute Gasteiger partial charge is 0.507 e. The predicted molar refractivity (Wildman–Crippen MR) is 198 cm³/mol. The van der Waals surface area contributed by atoms with Crippen LogP contribution in [0.25, 0.3) is 0 Å². The topological polar surface area (TPSA) is 71.1 Å². The van der Waals surface area contributed by atoms with Crippen molar-refractivity contribution in [3.8, 4) is 0 Å². The van der Waals surface area contributed by atoms with Crippen molar-refractivity contribution in [3.63, 3.8) is 0 Å². The molecule has 0 aromatic heterocycles. The standard InChI is InChI=1S/C30H62N2O7Si6/c1-25(45(37-8,38-9)39-10)26-17-18-28(41(11)12)29(42(13)14)27(26)19-22-40-30(31(2)20-15-23-43(33-4)34-5)32(3)21-16-24-44(35-6)36-7/h17-18,25,30H,15-16,19-24H2,1-14H3. The van der Waals surface area contributed by atoms with Gasteiger partial charge in [-0.2, -0.15) is 0 Å². The maximum Gasteiger partial charge on any atom is 0.507 e. The van der Waals surface area contributed by atoms with E-state index in [2.05, 4.69) is 69.1 Å². The zero-order valence-corrected chi connectivity index (χ0v) is 36.7. The number of hydrogen-bond donors (Lipinski definition) is 0. The van der Waals surface area contributed by atoms with Gasteiger partial charge in [0.1, 0.15) is 0 Å². The zero-order valence-electron chi connectivity index (χ0n) is 30.7. The third-order valence-electron chi connectivity index (χ3n) is 8.47. The summed E-state index contributed by atoms with van der Waals surface area (Å²) in [6.07, 6.45) is 3.17. The van der Waals surface area contributed by atoms with Crippen molar-refractivity contribution in [2.24, 2.45) is 0 Å². The molecule has 9 nitrogen and oxygen atoms in total. The molecule has 45 heavy (non-hydrogen) atoms. The van der Waals surface area contributed by atoms with E-state index in [0.717, 1.165) is 60.0 Å². The minimum atomic E-state index is -2.88. The Morgan fingerprint density at radius 1 is 0.733 bits per heavy atom. The summed E-state index contributed by atoms with van der Waals surface area (Å²) in [5.41, 5.74) is 2.90. The minimum Gasteiger partial charge on any atom is -0.397 e. The Hall–Kier alpha value is 0.161. The first kappa shape index (κ1) is 43.2. The maximum absolute atomic E-state index is 6.00. The summed E-state index contributed by atoms with van der Waals surface area (Å²) in [6, 6.07) is 7.83. The van der Waals surface area contributed by atoms with Gasteiger partial charge in [0.05, 0.1) is 32.7 Å². The molecule has 1 aromatic carbocycles. The molecule has 0 aliphatic heterocycles. The smallest absolute Gasteiger partial charge is 0.397 e. The molecule has 1 rings (SSSR count). The first-order valence-electron chi connectivity index (χ1n) is 15.8. The van der Waals surface area contributed by atoms with Crippen molar-refractivity contribution in [1.29, 1.82) is 0 Å². The van der Waals surface area contributed by atoms with Gasteiger partial charge in [0.25, 0.3) is 0 Å². The van der Waals surface area contributed by atoms with Gasteiger partial charge in [-0.25, -0.2) is 0 Å². The monoisotopic (exact) mass is 730 g/mol. The van der Waals surface area contributed by atoms with Crippen molar-refractivity contribution in [2.45, 2.75) is 81.8 Å². The molecule has 0 heterocycles. The molecule has 0 saturated carbocycles. The molecule has 15 heteroatoms. The van der Waals surface area contributed by atoms with E-state index in [1.54, 1.807) is 60.1 Å². The highest BCUT2D eigenvalue weighted by Crippen LogP contribution is 2.31. The minimum absolute atomic E-state index is 0.0469. The van der Waals surface area contributed by atoms with E-state index >= 15 is 0 Å². The molecular formula is C30H62N2O7Si6. The molecule has 0 spiro atoms. The fourth-order valence-corrected chi connectivity index (χ4v) is 15.9. The Balaban J connectivity index is 3.36. The van der Waals surface area contributed by atoms with Crippen LogP contribution < -0.4 is 10.4 Å². The summed E-state index contributed by atoms with van der Waals surface area (Å²) in [7, 11) is 10.9. The highest BCUT2D eigenvalue weighted by Gasteiger charge is 2.46. The van der Waals surface area contributed by atoms with E-state index in [1.807, 2.05) is 0 Å². The number of rotatable bonds is 25. The molecule has 6 radical (unpaired) electrons. The van der Waals surface area contributed by atoms with E-state index < -0.39 is 45.0 Å². The van der Waals surface area contributed by atoms with Crippen LogP contribution in [0.15, 0.2) is 12.1 Å². The van der Waals surface area contributed by atoms with Crippen LogP contribution in [-0.2, 0) is 37.4 Å². The molecule has 0 N–H and O–H groups in total. The van der Waals surface area contributed by atoms with E-state index in [1.165, 1.54) is 11.1 Å². The van der Waals surface area contributed by atoms with Crippen LogP contribution in [0.3, 0.4) is 0 Å². The molecular weight excluding hydrogens is 669 g/mol. The summed E-state index contributed by atoms with van der Waals surface area (Å²) in [4.78, 5) is 5.07.